The van der Waals surface area contributed by atoms with Crippen molar-refractivity contribution in [2.24, 2.45) is 0 Å². The highest BCUT2D eigenvalue weighted by molar-refractivity contribution is 7.92. The van der Waals surface area contributed by atoms with Crippen molar-refractivity contribution in [3.05, 3.63) is 24.3 Å². The van der Waals surface area contributed by atoms with Gasteiger partial charge in [0, 0.05) is 5.69 Å². The first-order chi connectivity index (χ1) is 6.48. The van der Waals surface area contributed by atoms with Crippen molar-refractivity contribution in [1.29, 1.82) is 5.26 Å². The SMILES string of the molecule is C[C@H](C#N)S(=O)(=O)c1ccc(N)cc1. The first-order valence-electron chi connectivity index (χ1n) is 3.97. The molecule has 0 amide bonds. The van der Waals surface area contributed by atoms with Gasteiger partial charge in [-0.2, -0.15) is 5.26 Å². The number of nitrogens with zero attached hydrogens (tertiary/aromatic N) is 1. The van der Waals surface area contributed by atoms with Crippen LogP contribution in [-0.4, -0.2) is 13.7 Å². The molecule has 0 spiro atoms. The van der Waals surface area contributed by atoms with E-state index in [0.29, 0.717) is 5.69 Å². The van der Waals surface area contributed by atoms with E-state index in [4.69, 9.17) is 11.0 Å². The Labute approximate surface area is 82.9 Å². The molecule has 0 heterocycles. The number of nitrogens with two attached hydrogens (primary N) is 1. The smallest absolute Gasteiger partial charge is 0.194 e. The molecule has 0 radical (unpaired) electrons. The van der Waals surface area contributed by atoms with Crippen molar-refractivity contribution in [1.82, 2.24) is 0 Å². The maximum absolute atomic E-state index is 11.6. The Balaban J connectivity index is 3.19. The van der Waals surface area contributed by atoms with E-state index >= 15 is 0 Å². The molecule has 0 saturated heterocycles. The number of rotatable bonds is 2. The van der Waals surface area contributed by atoms with Gasteiger partial charge in [-0.15, -0.1) is 0 Å². The molecule has 0 saturated carbocycles. The number of nitriles is 1. The van der Waals surface area contributed by atoms with E-state index in [2.05, 4.69) is 0 Å². The lowest BCUT2D eigenvalue weighted by molar-refractivity contribution is 0.592. The quantitative estimate of drug-likeness (QED) is 0.737. The maximum atomic E-state index is 11.6. The van der Waals surface area contributed by atoms with Crippen LogP contribution in [0.1, 0.15) is 6.92 Å². The summed E-state index contributed by atoms with van der Waals surface area (Å²) in [6.45, 7) is 1.35. The highest BCUT2D eigenvalue weighted by Gasteiger charge is 2.22. The van der Waals surface area contributed by atoms with E-state index in [1.54, 1.807) is 6.07 Å². The molecule has 0 fully saturated rings. The summed E-state index contributed by atoms with van der Waals surface area (Å²) in [5.41, 5.74) is 5.91. The van der Waals surface area contributed by atoms with Gasteiger partial charge in [-0.3, -0.25) is 0 Å². The molecule has 0 bridgehead atoms. The van der Waals surface area contributed by atoms with Crippen LogP contribution in [0.3, 0.4) is 0 Å². The molecule has 0 unspecified atom stereocenters. The Bertz CT molecular complexity index is 457. The zero-order valence-electron chi connectivity index (χ0n) is 7.64. The predicted molar refractivity (Wildman–Crippen MR) is 53.1 cm³/mol. The molecule has 1 aromatic rings. The predicted octanol–water partition coefficient (Wildman–Crippen LogP) is 0.955. The fourth-order valence-electron chi connectivity index (χ4n) is 0.931. The maximum Gasteiger partial charge on any atom is 0.194 e. The van der Waals surface area contributed by atoms with Crippen molar-refractivity contribution >= 4 is 15.5 Å². The van der Waals surface area contributed by atoms with Gasteiger partial charge < -0.3 is 5.73 Å². The average molecular weight is 210 g/mol. The monoisotopic (exact) mass is 210 g/mol. The summed E-state index contributed by atoms with van der Waals surface area (Å²) < 4.78 is 23.2. The summed E-state index contributed by atoms with van der Waals surface area (Å²) in [6, 6.07) is 7.50. The summed E-state index contributed by atoms with van der Waals surface area (Å²) in [7, 11) is -3.52. The van der Waals surface area contributed by atoms with Crippen molar-refractivity contribution in [3.8, 4) is 6.07 Å². The van der Waals surface area contributed by atoms with E-state index in [1.165, 1.54) is 31.2 Å². The van der Waals surface area contributed by atoms with Crippen molar-refractivity contribution in [2.45, 2.75) is 17.1 Å². The second kappa shape index (κ2) is 3.68. The lowest BCUT2D eigenvalue weighted by Gasteiger charge is -2.05. The van der Waals surface area contributed by atoms with Gasteiger partial charge in [-0.1, -0.05) is 0 Å². The van der Waals surface area contributed by atoms with Crippen molar-refractivity contribution in [2.75, 3.05) is 5.73 Å². The van der Waals surface area contributed by atoms with Gasteiger partial charge in [0.15, 0.2) is 9.84 Å². The standard InChI is InChI=1S/C9H10N2O2S/c1-7(6-10)14(12,13)9-4-2-8(11)3-5-9/h2-5,7H,11H2,1H3/t7-/m1/s1. The van der Waals surface area contributed by atoms with Gasteiger partial charge in [0.05, 0.1) is 11.0 Å². The van der Waals surface area contributed by atoms with E-state index in [1.807, 2.05) is 0 Å². The molecule has 74 valence electrons. The Morgan fingerprint density at radius 3 is 2.29 bits per heavy atom. The molecule has 5 heteroatoms. The Morgan fingerprint density at radius 2 is 1.86 bits per heavy atom. The Kier molecular flexibility index (Phi) is 2.77. The summed E-state index contributed by atoms with van der Waals surface area (Å²) >= 11 is 0. The molecule has 14 heavy (non-hydrogen) atoms. The molecule has 2 N–H and O–H groups in total. The van der Waals surface area contributed by atoms with Crippen LogP contribution >= 0.6 is 0 Å². The lowest BCUT2D eigenvalue weighted by Crippen LogP contribution is -2.15. The first-order valence-corrected chi connectivity index (χ1v) is 5.52. The molecule has 0 aromatic heterocycles. The van der Waals surface area contributed by atoms with Crippen molar-refractivity contribution in [3.63, 3.8) is 0 Å². The molecule has 0 aliphatic rings. The molecular formula is C9H10N2O2S. The van der Waals surface area contributed by atoms with E-state index in [-0.39, 0.29) is 4.90 Å². The second-order valence-corrected chi connectivity index (χ2v) is 5.15. The number of sulfone groups is 1. The molecule has 1 aromatic carbocycles. The van der Waals surface area contributed by atoms with Crippen LogP contribution in [0.2, 0.25) is 0 Å². The molecular weight excluding hydrogens is 200 g/mol. The third-order valence-corrected chi connectivity index (χ3v) is 3.82. The zero-order valence-corrected chi connectivity index (χ0v) is 8.45. The summed E-state index contributed by atoms with van der Waals surface area (Å²) in [6.07, 6.45) is 0. The van der Waals surface area contributed by atoms with Gasteiger partial charge >= 0.3 is 0 Å². The summed E-state index contributed by atoms with van der Waals surface area (Å²) in [4.78, 5) is 0.126. The van der Waals surface area contributed by atoms with Gasteiger partial charge in [0.1, 0.15) is 5.25 Å². The molecule has 1 atom stereocenters. The van der Waals surface area contributed by atoms with E-state index < -0.39 is 15.1 Å². The van der Waals surface area contributed by atoms with Crippen LogP contribution in [0, 0.1) is 11.3 Å². The number of hydrogen-bond acceptors (Lipinski definition) is 4. The van der Waals surface area contributed by atoms with Crippen LogP contribution in [0.25, 0.3) is 0 Å². The Hall–Kier alpha value is -1.54. The van der Waals surface area contributed by atoms with Gasteiger partial charge in [0.2, 0.25) is 0 Å². The van der Waals surface area contributed by atoms with Crippen LogP contribution in [0.4, 0.5) is 5.69 Å². The zero-order chi connectivity index (χ0) is 10.8. The van der Waals surface area contributed by atoms with Crippen molar-refractivity contribution < 1.29 is 8.42 Å². The number of hydrogen-bond donors (Lipinski definition) is 1. The van der Waals surface area contributed by atoms with Crippen LogP contribution in [-0.2, 0) is 9.84 Å². The van der Waals surface area contributed by atoms with Gasteiger partial charge in [0.25, 0.3) is 0 Å². The highest BCUT2D eigenvalue weighted by atomic mass is 32.2. The topological polar surface area (TPSA) is 84.0 Å². The minimum Gasteiger partial charge on any atom is -0.399 e. The minimum atomic E-state index is -3.52. The molecule has 0 aliphatic carbocycles. The second-order valence-electron chi connectivity index (χ2n) is 2.89. The van der Waals surface area contributed by atoms with Crippen LogP contribution in [0.15, 0.2) is 29.2 Å². The van der Waals surface area contributed by atoms with Crippen LogP contribution in [0.5, 0.6) is 0 Å². The largest absolute Gasteiger partial charge is 0.399 e. The number of anilines is 1. The highest BCUT2D eigenvalue weighted by Crippen LogP contribution is 2.16. The van der Waals surface area contributed by atoms with E-state index in [9.17, 15) is 8.42 Å². The third-order valence-electron chi connectivity index (χ3n) is 1.86. The fourth-order valence-corrected chi connectivity index (χ4v) is 1.99. The summed E-state index contributed by atoms with van der Waals surface area (Å²) in [5, 5.41) is 7.50. The van der Waals surface area contributed by atoms with Gasteiger partial charge in [-0.05, 0) is 31.2 Å². The molecule has 0 aliphatic heterocycles. The third kappa shape index (κ3) is 1.86. The normalized spacial score (nSPS) is 13.1. The molecule has 4 nitrogen and oxygen atoms in total. The summed E-state index contributed by atoms with van der Waals surface area (Å²) in [5.74, 6) is 0. The Morgan fingerprint density at radius 1 is 1.36 bits per heavy atom. The number of benzene rings is 1. The van der Waals surface area contributed by atoms with Crippen LogP contribution < -0.4 is 5.73 Å². The lowest BCUT2D eigenvalue weighted by atomic mass is 10.3. The average Bonchev–Trinajstić information content (AvgIpc) is 2.17. The van der Waals surface area contributed by atoms with Gasteiger partial charge in [-0.25, -0.2) is 8.42 Å². The molecule has 1 rings (SSSR count). The first kappa shape index (κ1) is 10.5. The minimum absolute atomic E-state index is 0.126. The fraction of sp³-hybridized carbons (Fsp3) is 0.222. The van der Waals surface area contributed by atoms with E-state index in [0.717, 1.165) is 0 Å². The number of nitrogen functional groups attached to an aromatic ring is 1.